The first-order valence-electron chi connectivity index (χ1n) is 8.82. The van der Waals surface area contributed by atoms with Gasteiger partial charge in [0.05, 0.1) is 30.9 Å². The van der Waals surface area contributed by atoms with Gasteiger partial charge in [-0.15, -0.1) is 0 Å². The number of carbonyl (C=O) groups is 1. The van der Waals surface area contributed by atoms with Crippen LogP contribution in [0.25, 0.3) is 10.9 Å². The first-order valence-corrected chi connectivity index (χ1v) is 8.82. The highest BCUT2D eigenvalue weighted by molar-refractivity contribution is 5.89. The minimum atomic E-state index is -0.504. The molecule has 9 nitrogen and oxygen atoms in total. The van der Waals surface area contributed by atoms with Crippen molar-refractivity contribution in [2.45, 2.75) is 13.1 Å². The monoisotopic (exact) mass is 391 g/mol. The van der Waals surface area contributed by atoms with E-state index < -0.39 is 5.91 Å². The molecule has 4 rings (SSSR count). The van der Waals surface area contributed by atoms with E-state index >= 15 is 0 Å². The van der Waals surface area contributed by atoms with E-state index in [9.17, 15) is 9.59 Å². The van der Waals surface area contributed by atoms with Gasteiger partial charge < -0.3 is 14.6 Å². The molecule has 0 saturated heterocycles. The Morgan fingerprint density at radius 1 is 1.21 bits per heavy atom. The van der Waals surface area contributed by atoms with E-state index in [4.69, 9.17) is 9.26 Å². The van der Waals surface area contributed by atoms with Crippen LogP contribution < -0.4 is 15.6 Å². The average molecular weight is 391 g/mol. The van der Waals surface area contributed by atoms with Gasteiger partial charge in [0.2, 0.25) is 0 Å². The SMILES string of the molecule is COc1cccc(CNC(=O)c2nc(Cn3cnc4ccccc4c3=O)no2)c1. The quantitative estimate of drug-likeness (QED) is 0.533. The molecule has 1 amide bonds. The lowest BCUT2D eigenvalue weighted by atomic mass is 10.2. The molecule has 0 aliphatic heterocycles. The molecule has 0 aliphatic rings. The van der Waals surface area contributed by atoms with Gasteiger partial charge in [-0.2, -0.15) is 4.98 Å². The number of aromatic nitrogens is 4. The number of amides is 1. The molecule has 1 N–H and O–H groups in total. The zero-order chi connectivity index (χ0) is 20.2. The van der Waals surface area contributed by atoms with Crippen LogP contribution in [0.3, 0.4) is 0 Å². The molecule has 0 bridgehead atoms. The van der Waals surface area contributed by atoms with Gasteiger partial charge in [0.25, 0.3) is 5.56 Å². The number of para-hydroxylation sites is 1. The van der Waals surface area contributed by atoms with Crippen molar-refractivity contribution < 1.29 is 14.1 Å². The molecule has 0 saturated carbocycles. The van der Waals surface area contributed by atoms with Crippen LogP contribution in [0.4, 0.5) is 0 Å². The third kappa shape index (κ3) is 3.98. The molecule has 0 atom stereocenters. The summed E-state index contributed by atoms with van der Waals surface area (Å²) >= 11 is 0. The predicted molar refractivity (Wildman–Crippen MR) is 104 cm³/mol. The third-order valence-corrected chi connectivity index (χ3v) is 4.29. The largest absolute Gasteiger partial charge is 0.497 e. The van der Waals surface area contributed by atoms with Gasteiger partial charge in [-0.05, 0) is 29.8 Å². The minimum absolute atomic E-state index is 0.0450. The van der Waals surface area contributed by atoms with E-state index in [2.05, 4.69) is 20.4 Å². The van der Waals surface area contributed by atoms with E-state index in [1.807, 2.05) is 30.3 Å². The van der Waals surface area contributed by atoms with Crippen molar-refractivity contribution in [3.05, 3.63) is 82.5 Å². The number of hydrogen-bond acceptors (Lipinski definition) is 7. The Morgan fingerprint density at radius 3 is 2.93 bits per heavy atom. The van der Waals surface area contributed by atoms with Gasteiger partial charge >= 0.3 is 11.8 Å². The number of nitrogens with one attached hydrogen (secondary N) is 1. The number of nitrogens with zero attached hydrogens (tertiary/aromatic N) is 4. The van der Waals surface area contributed by atoms with Crippen LogP contribution in [-0.4, -0.2) is 32.7 Å². The molecule has 0 radical (unpaired) electrons. The summed E-state index contributed by atoms with van der Waals surface area (Å²) in [5.41, 5.74) is 1.26. The molecule has 9 heteroatoms. The molecule has 0 fully saturated rings. The van der Waals surface area contributed by atoms with Crippen molar-refractivity contribution in [3.63, 3.8) is 0 Å². The Labute approximate surface area is 165 Å². The number of fused-ring (bicyclic) bond motifs is 1. The maximum atomic E-state index is 12.5. The number of ether oxygens (including phenoxy) is 1. The molecule has 0 spiro atoms. The lowest BCUT2D eigenvalue weighted by molar-refractivity contribution is 0.0907. The fourth-order valence-corrected chi connectivity index (χ4v) is 2.82. The third-order valence-electron chi connectivity index (χ3n) is 4.29. The topological polar surface area (TPSA) is 112 Å². The molecular weight excluding hydrogens is 374 g/mol. The molecule has 4 aromatic rings. The second kappa shape index (κ2) is 7.93. The lowest BCUT2D eigenvalue weighted by Gasteiger charge is -2.05. The second-order valence-corrected chi connectivity index (χ2v) is 6.24. The van der Waals surface area contributed by atoms with Gasteiger partial charge in [-0.3, -0.25) is 14.2 Å². The fraction of sp³-hybridized carbons (Fsp3) is 0.150. The molecule has 0 unspecified atom stereocenters. The van der Waals surface area contributed by atoms with Gasteiger partial charge in [-0.25, -0.2) is 4.98 Å². The average Bonchev–Trinajstić information content (AvgIpc) is 3.23. The Hall–Kier alpha value is -4.01. The summed E-state index contributed by atoms with van der Waals surface area (Å²) < 4.78 is 11.5. The highest BCUT2D eigenvalue weighted by atomic mass is 16.5. The summed E-state index contributed by atoms with van der Waals surface area (Å²) in [6.07, 6.45) is 1.42. The molecule has 146 valence electrons. The van der Waals surface area contributed by atoms with Crippen molar-refractivity contribution in [1.29, 1.82) is 0 Å². The Balaban J connectivity index is 1.45. The van der Waals surface area contributed by atoms with Crippen LogP contribution in [0.1, 0.15) is 22.1 Å². The van der Waals surface area contributed by atoms with Crippen LogP contribution in [0.15, 0.2) is 64.2 Å². The Morgan fingerprint density at radius 2 is 2.07 bits per heavy atom. The van der Waals surface area contributed by atoms with Crippen molar-refractivity contribution >= 4 is 16.8 Å². The number of carbonyl (C=O) groups excluding carboxylic acids is 1. The van der Waals surface area contributed by atoms with E-state index in [-0.39, 0.29) is 30.4 Å². The smallest absolute Gasteiger partial charge is 0.316 e. The predicted octanol–water partition coefficient (Wildman–Crippen LogP) is 1.77. The van der Waals surface area contributed by atoms with Crippen molar-refractivity contribution in [2.24, 2.45) is 0 Å². The molecule has 29 heavy (non-hydrogen) atoms. The van der Waals surface area contributed by atoms with Crippen LogP contribution >= 0.6 is 0 Å². The molecule has 2 aromatic heterocycles. The number of hydrogen-bond donors (Lipinski definition) is 1. The van der Waals surface area contributed by atoms with Crippen LogP contribution in [0.2, 0.25) is 0 Å². The van der Waals surface area contributed by atoms with Gasteiger partial charge in [0.1, 0.15) is 5.75 Å². The zero-order valence-corrected chi connectivity index (χ0v) is 15.5. The van der Waals surface area contributed by atoms with Gasteiger partial charge in [0, 0.05) is 6.54 Å². The summed E-state index contributed by atoms with van der Waals surface area (Å²) in [7, 11) is 1.58. The first kappa shape index (κ1) is 18.4. The van der Waals surface area contributed by atoms with Crippen LogP contribution in [0, 0.1) is 0 Å². The molecule has 2 aromatic carbocycles. The second-order valence-electron chi connectivity index (χ2n) is 6.24. The fourth-order valence-electron chi connectivity index (χ4n) is 2.82. The van der Waals surface area contributed by atoms with Crippen molar-refractivity contribution in [3.8, 4) is 5.75 Å². The highest BCUT2D eigenvalue weighted by Gasteiger charge is 2.16. The van der Waals surface area contributed by atoms with Crippen LogP contribution in [-0.2, 0) is 13.1 Å². The standard InChI is InChI=1S/C20H17N5O4/c1-28-14-6-4-5-13(9-14)10-21-18(26)19-23-17(24-29-19)11-25-12-22-16-8-3-2-7-15(16)20(25)27/h2-9,12H,10-11H2,1H3,(H,21,26). The van der Waals surface area contributed by atoms with E-state index in [0.29, 0.717) is 16.7 Å². The highest BCUT2D eigenvalue weighted by Crippen LogP contribution is 2.12. The van der Waals surface area contributed by atoms with Gasteiger partial charge in [-0.1, -0.05) is 29.4 Å². The van der Waals surface area contributed by atoms with Crippen molar-refractivity contribution in [1.82, 2.24) is 25.0 Å². The minimum Gasteiger partial charge on any atom is -0.497 e. The first-order chi connectivity index (χ1) is 14.1. The Bertz CT molecular complexity index is 1230. The summed E-state index contributed by atoms with van der Waals surface area (Å²) in [5, 5.41) is 6.98. The normalized spacial score (nSPS) is 10.8. The molecule has 0 aliphatic carbocycles. The maximum Gasteiger partial charge on any atom is 0.316 e. The zero-order valence-electron chi connectivity index (χ0n) is 15.5. The van der Waals surface area contributed by atoms with E-state index in [0.717, 1.165) is 5.56 Å². The number of benzene rings is 2. The van der Waals surface area contributed by atoms with E-state index in [1.165, 1.54) is 10.9 Å². The summed E-state index contributed by atoms with van der Waals surface area (Å²) in [6, 6.07) is 14.4. The van der Waals surface area contributed by atoms with Gasteiger partial charge in [0.15, 0.2) is 5.82 Å². The molecule has 2 heterocycles. The summed E-state index contributed by atoms with van der Waals surface area (Å²) in [5.74, 6) is 0.224. The Kier molecular flexibility index (Phi) is 5.02. The van der Waals surface area contributed by atoms with E-state index in [1.54, 1.807) is 25.3 Å². The van der Waals surface area contributed by atoms with Crippen molar-refractivity contribution in [2.75, 3.05) is 7.11 Å². The summed E-state index contributed by atoms with van der Waals surface area (Å²) in [4.78, 5) is 33.1. The maximum absolute atomic E-state index is 12.5. The van der Waals surface area contributed by atoms with Crippen LogP contribution in [0.5, 0.6) is 5.75 Å². The number of rotatable bonds is 6. The lowest BCUT2D eigenvalue weighted by Crippen LogP contribution is -2.23. The number of methoxy groups -OCH3 is 1. The summed E-state index contributed by atoms with van der Waals surface area (Å²) in [6.45, 7) is 0.325. The molecular formula is C20H17N5O4.